The van der Waals surface area contributed by atoms with Crippen molar-refractivity contribution in [1.82, 2.24) is 0 Å². The minimum Gasteiger partial charge on any atom is -0.377 e. The van der Waals surface area contributed by atoms with Gasteiger partial charge in [0.05, 0.1) is 330 Å². The molecule has 0 aliphatic carbocycles. The molecule has 2 rings (SSSR count). The third kappa shape index (κ3) is 64.1. The smallest absolute Gasteiger partial charge is 0.104 e. The molecule has 0 aromatic heterocycles. The van der Waals surface area contributed by atoms with E-state index in [2.05, 4.69) is 0 Å². The van der Waals surface area contributed by atoms with Gasteiger partial charge in [-0.25, -0.2) is 0 Å². The van der Waals surface area contributed by atoms with Gasteiger partial charge in [0.25, 0.3) is 0 Å². The molecule has 26 heteroatoms. The largest absolute Gasteiger partial charge is 0.377 e. The van der Waals surface area contributed by atoms with Gasteiger partial charge in [0, 0.05) is 0 Å². The van der Waals surface area contributed by atoms with Crippen LogP contribution in [0.25, 0.3) is 0 Å². The van der Waals surface area contributed by atoms with Crippen molar-refractivity contribution in [2.24, 2.45) is 0 Å². The summed E-state index contributed by atoms with van der Waals surface area (Å²) in [5, 5.41) is 0. The molecule has 0 amide bonds. The number of rotatable bonds is 73. The van der Waals surface area contributed by atoms with Crippen LogP contribution in [0.3, 0.4) is 0 Å². The van der Waals surface area contributed by atoms with Crippen molar-refractivity contribution in [2.75, 3.05) is 330 Å². The maximum absolute atomic E-state index is 5.53. The lowest BCUT2D eigenvalue weighted by atomic mass is 10.5. The van der Waals surface area contributed by atoms with E-state index in [1.54, 1.807) is 0 Å². The first-order chi connectivity index (χ1) is 38.9. The highest BCUT2D eigenvalue weighted by molar-refractivity contribution is 4.67. The molecule has 0 aromatic carbocycles. The van der Waals surface area contributed by atoms with Gasteiger partial charge >= 0.3 is 0 Å². The van der Waals surface area contributed by atoms with Gasteiger partial charge in [0.2, 0.25) is 0 Å². The molecule has 2 atom stereocenters. The van der Waals surface area contributed by atoms with Crippen molar-refractivity contribution in [3.63, 3.8) is 0 Å². The maximum Gasteiger partial charge on any atom is 0.104 e. The van der Waals surface area contributed by atoms with E-state index in [1.165, 1.54) is 0 Å². The third-order valence-electron chi connectivity index (χ3n) is 9.97. The minimum absolute atomic E-state index is 0.288. The Kier molecular flexibility index (Phi) is 61.0. The Hall–Kier alpha value is -1.04. The number of ether oxygens (including phenoxy) is 26. The summed E-state index contributed by atoms with van der Waals surface area (Å²) in [5.41, 5.74) is 0. The van der Waals surface area contributed by atoms with Crippen LogP contribution < -0.4 is 0 Å². The number of hydrogen-bond acceptors (Lipinski definition) is 26. The Balaban J connectivity index is 1.07. The fourth-order valence-electron chi connectivity index (χ4n) is 5.71. The topological polar surface area (TPSA) is 247 Å². The maximum atomic E-state index is 5.53. The molecule has 78 heavy (non-hydrogen) atoms. The minimum atomic E-state index is 0.288. The Bertz CT molecular complexity index is 1020. The monoisotopic (exact) mass is 1140 g/mol. The van der Waals surface area contributed by atoms with Crippen molar-refractivity contribution >= 4 is 0 Å². The summed E-state index contributed by atoms with van der Waals surface area (Å²) in [6.45, 7) is 26.1. The summed E-state index contributed by atoms with van der Waals surface area (Å²) in [7, 11) is 0. The molecule has 2 aliphatic heterocycles. The van der Waals surface area contributed by atoms with E-state index in [9.17, 15) is 0 Å². The lowest BCUT2D eigenvalue weighted by Crippen LogP contribution is -2.16. The Morgan fingerprint density at radius 2 is 0.218 bits per heavy atom. The molecular weight excluding hydrogens is 1040 g/mol. The molecule has 2 unspecified atom stereocenters. The molecule has 0 aromatic rings. The van der Waals surface area contributed by atoms with E-state index in [0.717, 1.165) is 13.2 Å². The predicted molar refractivity (Wildman–Crippen MR) is 279 cm³/mol. The SMILES string of the molecule is C(COCCOCCOCCOCCOCCOCCOCCOCCOCCOCCOCCOCC1CO1)OCCOCCOCCOCCOCCOCCOCCOCCOCCOCCOCCOCC1CO1. The van der Waals surface area contributed by atoms with Gasteiger partial charge in [0.1, 0.15) is 12.2 Å². The lowest BCUT2D eigenvalue weighted by molar-refractivity contribution is -0.0320. The van der Waals surface area contributed by atoms with E-state index in [1.807, 2.05) is 0 Å². The van der Waals surface area contributed by atoms with Crippen molar-refractivity contribution in [3.8, 4) is 0 Å². The van der Waals surface area contributed by atoms with Gasteiger partial charge in [-0.3, -0.25) is 0 Å². The second kappa shape index (κ2) is 65.1. The standard InChI is InChI=1S/C52H102O26/c1(53-3-5-55-7-9-57-11-13-59-15-17-61-19-21-63-23-25-65-27-29-67-31-33-69-35-37-71-39-41-73-43-45-75-47-51-49-77-51)2-54-4-6-56-8-10-58-12-14-60-16-18-62-20-22-64-24-26-66-28-30-68-32-34-70-36-38-72-40-42-74-44-46-76-48-52-50-78-52/h51-52H,1-50H2. The summed E-state index contributed by atoms with van der Waals surface area (Å²) in [5.74, 6) is 0. The van der Waals surface area contributed by atoms with Crippen molar-refractivity contribution < 1.29 is 123 Å². The quantitative estimate of drug-likeness (QED) is 0.0582. The Morgan fingerprint density at radius 3 is 0.295 bits per heavy atom. The van der Waals surface area contributed by atoms with Crippen LogP contribution in [-0.2, 0) is 123 Å². The van der Waals surface area contributed by atoms with Crippen LogP contribution in [-0.4, -0.2) is 343 Å². The summed E-state index contributed by atoms with van der Waals surface area (Å²) >= 11 is 0. The van der Waals surface area contributed by atoms with E-state index in [0.29, 0.717) is 317 Å². The molecule has 466 valence electrons. The third-order valence-corrected chi connectivity index (χ3v) is 9.97. The van der Waals surface area contributed by atoms with Gasteiger partial charge < -0.3 is 123 Å². The molecular formula is C52H102O26. The van der Waals surface area contributed by atoms with Crippen LogP contribution in [0.2, 0.25) is 0 Å². The second-order valence-corrected chi connectivity index (χ2v) is 16.5. The summed E-state index contributed by atoms with van der Waals surface area (Å²) in [6, 6.07) is 0. The molecule has 26 nitrogen and oxygen atoms in total. The molecule has 0 bridgehead atoms. The van der Waals surface area contributed by atoms with Gasteiger partial charge in [-0.2, -0.15) is 0 Å². The van der Waals surface area contributed by atoms with E-state index >= 15 is 0 Å². The van der Waals surface area contributed by atoms with Crippen molar-refractivity contribution in [3.05, 3.63) is 0 Å². The Morgan fingerprint density at radius 1 is 0.141 bits per heavy atom. The summed E-state index contributed by atoms with van der Waals surface area (Å²) in [6.07, 6.45) is 0.576. The number of hydrogen-bond donors (Lipinski definition) is 0. The lowest BCUT2D eigenvalue weighted by Gasteiger charge is -2.09. The Labute approximate surface area is 464 Å². The molecule has 0 radical (unpaired) electrons. The molecule has 2 heterocycles. The normalized spacial score (nSPS) is 15.1. The van der Waals surface area contributed by atoms with Crippen molar-refractivity contribution in [2.45, 2.75) is 12.2 Å². The zero-order chi connectivity index (χ0) is 54.9. The first-order valence-corrected chi connectivity index (χ1v) is 28.0. The van der Waals surface area contributed by atoms with Gasteiger partial charge in [-0.05, 0) is 0 Å². The highest BCUT2D eigenvalue weighted by atomic mass is 16.6. The summed E-state index contributed by atoms with van der Waals surface area (Å²) < 4.78 is 142. The van der Waals surface area contributed by atoms with Gasteiger partial charge in [0.15, 0.2) is 0 Å². The van der Waals surface area contributed by atoms with Crippen LogP contribution in [0.1, 0.15) is 0 Å². The van der Waals surface area contributed by atoms with Gasteiger partial charge in [-0.1, -0.05) is 0 Å². The zero-order valence-corrected chi connectivity index (χ0v) is 47.1. The fraction of sp³-hybridized carbons (Fsp3) is 1.00. The average molecular weight is 1140 g/mol. The average Bonchev–Trinajstić information content (AvgIpc) is 4.41. The van der Waals surface area contributed by atoms with Crippen LogP contribution in [0, 0.1) is 0 Å². The molecule has 0 N–H and O–H groups in total. The van der Waals surface area contributed by atoms with Crippen LogP contribution in [0.15, 0.2) is 0 Å². The molecule has 2 saturated heterocycles. The first kappa shape index (κ1) is 73.1. The van der Waals surface area contributed by atoms with Crippen LogP contribution >= 0.6 is 0 Å². The van der Waals surface area contributed by atoms with E-state index in [4.69, 9.17) is 123 Å². The fourth-order valence-corrected chi connectivity index (χ4v) is 5.71. The van der Waals surface area contributed by atoms with Crippen LogP contribution in [0.5, 0.6) is 0 Å². The second-order valence-electron chi connectivity index (χ2n) is 16.5. The van der Waals surface area contributed by atoms with Gasteiger partial charge in [-0.15, -0.1) is 0 Å². The van der Waals surface area contributed by atoms with Crippen LogP contribution in [0.4, 0.5) is 0 Å². The highest BCUT2D eigenvalue weighted by Gasteiger charge is 2.22. The summed E-state index contributed by atoms with van der Waals surface area (Å²) in [4.78, 5) is 0. The zero-order valence-electron chi connectivity index (χ0n) is 47.1. The van der Waals surface area contributed by atoms with Crippen molar-refractivity contribution in [1.29, 1.82) is 0 Å². The predicted octanol–water partition coefficient (Wildman–Crippen LogP) is 0.182. The molecule has 2 fully saturated rings. The number of epoxide rings is 2. The molecule has 0 saturated carbocycles. The molecule has 2 aliphatic rings. The highest BCUT2D eigenvalue weighted by Crippen LogP contribution is 2.08. The molecule has 0 spiro atoms. The first-order valence-electron chi connectivity index (χ1n) is 28.0. The van der Waals surface area contributed by atoms with E-state index in [-0.39, 0.29) is 12.2 Å². The van der Waals surface area contributed by atoms with E-state index < -0.39 is 0 Å².